The van der Waals surface area contributed by atoms with Gasteiger partial charge in [-0.25, -0.2) is 4.39 Å². The molecule has 3 rings (SSSR count). The van der Waals surface area contributed by atoms with Crippen LogP contribution in [0, 0.1) is 5.82 Å². The third kappa shape index (κ3) is 2.76. The molecule has 0 nitrogen and oxygen atoms in total. The Morgan fingerprint density at radius 1 is 0.789 bits per heavy atom. The van der Waals surface area contributed by atoms with Gasteiger partial charge >= 0.3 is 0 Å². The van der Waals surface area contributed by atoms with Gasteiger partial charge in [0.2, 0.25) is 0 Å². The smallest absolute Gasteiger partial charge is 0.123 e. The van der Waals surface area contributed by atoms with Crippen LogP contribution >= 0.6 is 34.4 Å². The molecule has 4 heteroatoms. The highest BCUT2D eigenvalue weighted by molar-refractivity contribution is 8.00. The summed E-state index contributed by atoms with van der Waals surface area (Å²) in [4.78, 5) is 3.74. The van der Waals surface area contributed by atoms with Crippen LogP contribution in [-0.4, -0.2) is 6.26 Å². The summed E-state index contributed by atoms with van der Waals surface area (Å²) in [5, 5.41) is 0. The van der Waals surface area contributed by atoms with Crippen LogP contribution in [0.4, 0.5) is 4.39 Å². The summed E-state index contributed by atoms with van der Waals surface area (Å²) in [7, 11) is 0. The molecule has 0 radical (unpaired) electrons. The number of thiophene rings is 2. The number of rotatable bonds is 3. The maximum absolute atomic E-state index is 12.9. The van der Waals surface area contributed by atoms with E-state index in [1.165, 1.54) is 31.0 Å². The van der Waals surface area contributed by atoms with Gasteiger partial charge < -0.3 is 0 Å². The SMILES string of the molecule is CSc1ccc(-c2ccc(-c3ccc(F)cc3)s2)s1. The number of benzene rings is 1. The molecule has 96 valence electrons. The average Bonchev–Trinajstić information content (AvgIpc) is 3.08. The Morgan fingerprint density at radius 2 is 1.42 bits per heavy atom. The van der Waals surface area contributed by atoms with Crippen molar-refractivity contribution in [2.45, 2.75) is 4.21 Å². The molecule has 0 aliphatic rings. The second kappa shape index (κ2) is 5.49. The third-order valence-corrected chi connectivity index (χ3v) is 6.26. The van der Waals surface area contributed by atoms with Gasteiger partial charge in [0.1, 0.15) is 5.82 Å². The first kappa shape index (κ1) is 12.9. The van der Waals surface area contributed by atoms with Gasteiger partial charge in [0, 0.05) is 14.6 Å². The Kier molecular flexibility index (Phi) is 3.73. The highest BCUT2D eigenvalue weighted by Gasteiger charge is 2.07. The van der Waals surface area contributed by atoms with E-state index in [1.54, 1.807) is 23.1 Å². The summed E-state index contributed by atoms with van der Waals surface area (Å²) >= 11 is 5.33. The predicted molar refractivity (Wildman–Crippen MR) is 84.8 cm³/mol. The minimum absolute atomic E-state index is 0.191. The van der Waals surface area contributed by atoms with Crippen molar-refractivity contribution in [3.63, 3.8) is 0 Å². The van der Waals surface area contributed by atoms with Gasteiger partial charge in [-0.3, -0.25) is 0 Å². The zero-order valence-electron chi connectivity index (χ0n) is 10.2. The molecular weight excluding hydrogens is 295 g/mol. The first-order valence-corrected chi connectivity index (χ1v) is 8.62. The Hall–Kier alpha value is -1.10. The predicted octanol–water partition coefficient (Wildman–Crippen LogP) is 6.00. The standard InChI is InChI=1S/C15H11FS3/c1-17-15-9-8-14(19-15)13-7-6-12(18-13)10-2-4-11(16)5-3-10/h2-9H,1H3. The van der Waals surface area contributed by atoms with Gasteiger partial charge in [-0.1, -0.05) is 12.1 Å². The quantitative estimate of drug-likeness (QED) is 0.534. The lowest BCUT2D eigenvalue weighted by atomic mass is 10.2. The molecule has 2 heterocycles. The summed E-state index contributed by atoms with van der Waals surface area (Å²) in [6.45, 7) is 0. The van der Waals surface area contributed by atoms with Gasteiger partial charge in [-0.05, 0) is 48.2 Å². The maximum Gasteiger partial charge on any atom is 0.123 e. The molecule has 0 aliphatic heterocycles. The van der Waals surface area contributed by atoms with Crippen molar-refractivity contribution >= 4 is 34.4 Å². The zero-order valence-corrected chi connectivity index (χ0v) is 12.7. The van der Waals surface area contributed by atoms with Gasteiger partial charge in [-0.15, -0.1) is 34.4 Å². The lowest BCUT2D eigenvalue weighted by Gasteiger charge is -1.96. The van der Waals surface area contributed by atoms with E-state index < -0.39 is 0 Å². The van der Waals surface area contributed by atoms with Crippen LogP contribution in [0.25, 0.3) is 20.2 Å². The maximum atomic E-state index is 12.9. The van der Waals surface area contributed by atoms with Crippen LogP contribution in [0.1, 0.15) is 0 Å². The number of halogens is 1. The molecule has 0 saturated carbocycles. The van der Waals surface area contributed by atoms with Gasteiger partial charge in [0.25, 0.3) is 0 Å². The number of thioether (sulfide) groups is 1. The second-order valence-electron chi connectivity index (χ2n) is 3.99. The third-order valence-electron chi connectivity index (χ3n) is 2.76. The lowest BCUT2D eigenvalue weighted by molar-refractivity contribution is 0.628. The lowest BCUT2D eigenvalue weighted by Crippen LogP contribution is -1.73. The van der Waals surface area contributed by atoms with Crippen LogP contribution in [0.2, 0.25) is 0 Å². The van der Waals surface area contributed by atoms with E-state index in [0.29, 0.717) is 0 Å². The van der Waals surface area contributed by atoms with Gasteiger partial charge in [0.15, 0.2) is 0 Å². The van der Waals surface area contributed by atoms with Crippen LogP contribution in [-0.2, 0) is 0 Å². The fourth-order valence-electron chi connectivity index (χ4n) is 1.80. The van der Waals surface area contributed by atoms with Crippen molar-refractivity contribution in [1.29, 1.82) is 0 Å². The Morgan fingerprint density at radius 3 is 2.11 bits per heavy atom. The fourth-order valence-corrected chi connectivity index (χ4v) is 4.45. The van der Waals surface area contributed by atoms with E-state index in [0.717, 1.165) is 5.56 Å². The molecule has 1 aromatic carbocycles. The fraction of sp³-hybridized carbons (Fsp3) is 0.0667. The van der Waals surface area contributed by atoms with Crippen molar-refractivity contribution < 1.29 is 4.39 Å². The van der Waals surface area contributed by atoms with Crippen LogP contribution in [0.15, 0.2) is 52.7 Å². The van der Waals surface area contributed by atoms with E-state index in [4.69, 9.17) is 0 Å². The summed E-state index contributed by atoms with van der Waals surface area (Å²) < 4.78 is 14.2. The van der Waals surface area contributed by atoms with Gasteiger partial charge in [-0.2, -0.15) is 0 Å². The molecule has 19 heavy (non-hydrogen) atoms. The molecule has 0 aliphatic carbocycles. The zero-order chi connectivity index (χ0) is 13.2. The first-order chi connectivity index (χ1) is 9.26. The minimum atomic E-state index is -0.191. The molecule has 0 atom stereocenters. The molecule has 2 aromatic heterocycles. The largest absolute Gasteiger partial charge is 0.207 e. The molecule has 0 amide bonds. The molecule has 0 spiro atoms. The molecule has 0 saturated heterocycles. The Balaban J connectivity index is 1.92. The van der Waals surface area contributed by atoms with Crippen molar-refractivity contribution in [2.24, 2.45) is 0 Å². The van der Waals surface area contributed by atoms with E-state index in [9.17, 15) is 4.39 Å². The summed E-state index contributed by atoms with van der Waals surface area (Å²) in [5.74, 6) is -0.191. The molecular formula is C15H11FS3. The van der Waals surface area contributed by atoms with Gasteiger partial charge in [0.05, 0.1) is 4.21 Å². The Labute approximate surface area is 123 Å². The van der Waals surface area contributed by atoms with E-state index in [2.05, 4.69) is 30.5 Å². The number of hydrogen-bond donors (Lipinski definition) is 0. The van der Waals surface area contributed by atoms with E-state index in [-0.39, 0.29) is 5.82 Å². The van der Waals surface area contributed by atoms with Crippen molar-refractivity contribution in [3.05, 3.63) is 54.3 Å². The normalized spacial score (nSPS) is 10.8. The summed E-state index contributed by atoms with van der Waals surface area (Å²) in [5.41, 5.74) is 1.07. The van der Waals surface area contributed by atoms with Crippen molar-refractivity contribution in [2.75, 3.05) is 6.26 Å². The van der Waals surface area contributed by atoms with Crippen LogP contribution in [0.5, 0.6) is 0 Å². The van der Waals surface area contributed by atoms with Crippen LogP contribution in [0.3, 0.4) is 0 Å². The monoisotopic (exact) mass is 306 g/mol. The Bertz CT molecular complexity index is 679. The summed E-state index contributed by atoms with van der Waals surface area (Å²) in [6.07, 6.45) is 2.09. The second-order valence-corrected chi connectivity index (χ2v) is 7.27. The highest BCUT2D eigenvalue weighted by Crippen LogP contribution is 2.39. The topological polar surface area (TPSA) is 0 Å². The highest BCUT2D eigenvalue weighted by atomic mass is 32.2. The molecule has 0 bridgehead atoms. The van der Waals surface area contributed by atoms with Crippen LogP contribution < -0.4 is 0 Å². The number of hydrogen-bond acceptors (Lipinski definition) is 3. The first-order valence-electron chi connectivity index (χ1n) is 5.76. The minimum Gasteiger partial charge on any atom is -0.207 e. The average molecular weight is 306 g/mol. The van der Waals surface area contributed by atoms with E-state index in [1.807, 2.05) is 23.5 Å². The molecule has 3 aromatic rings. The molecule has 0 N–H and O–H groups in total. The van der Waals surface area contributed by atoms with Crippen molar-refractivity contribution in [3.8, 4) is 20.2 Å². The summed E-state index contributed by atoms with van der Waals surface area (Å²) in [6, 6.07) is 15.2. The molecule has 0 unspecified atom stereocenters. The van der Waals surface area contributed by atoms with E-state index >= 15 is 0 Å². The van der Waals surface area contributed by atoms with Crippen molar-refractivity contribution in [1.82, 2.24) is 0 Å². The molecule has 0 fully saturated rings.